The van der Waals surface area contributed by atoms with Crippen molar-refractivity contribution in [1.82, 2.24) is 14.2 Å². The van der Waals surface area contributed by atoms with Crippen LogP contribution in [0.4, 0.5) is 0 Å². The Labute approximate surface area is 87.9 Å². The van der Waals surface area contributed by atoms with E-state index >= 15 is 0 Å². The monoisotopic (exact) mass is 199 g/mol. The first-order valence-electron chi connectivity index (χ1n) is 5.23. The lowest BCUT2D eigenvalue weighted by Crippen LogP contribution is -1.85. The molecule has 3 heteroatoms. The van der Waals surface area contributed by atoms with Crippen LogP contribution in [0.25, 0.3) is 16.7 Å². The van der Waals surface area contributed by atoms with Gasteiger partial charge in [0.2, 0.25) is 0 Å². The lowest BCUT2D eigenvalue weighted by molar-refractivity contribution is 0.911. The summed E-state index contributed by atoms with van der Waals surface area (Å²) in [5.41, 5.74) is 4.71. The second kappa shape index (κ2) is 2.86. The Morgan fingerprint density at radius 1 is 1.20 bits per heavy atom. The maximum absolute atomic E-state index is 4.58. The summed E-state index contributed by atoms with van der Waals surface area (Å²) in [6, 6.07) is 10.5. The number of fused-ring (bicyclic) bond motifs is 3. The van der Waals surface area contributed by atoms with E-state index in [2.05, 4.69) is 54.0 Å². The minimum absolute atomic E-state index is 0.982. The third-order valence-electron chi connectivity index (χ3n) is 2.92. The molecule has 0 bridgehead atoms. The maximum atomic E-state index is 4.58. The van der Waals surface area contributed by atoms with E-state index in [1.807, 2.05) is 4.52 Å². The van der Waals surface area contributed by atoms with E-state index < -0.39 is 0 Å². The summed E-state index contributed by atoms with van der Waals surface area (Å²) in [6.45, 7) is 2.13. The van der Waals surface area contributed by atoms with Gasteiger partial charge in [-0.3, -0.25) is 0 Å². The van der Waals surface area contributed by atoms with Crippen LogP contribution in [-0.4, -0.2) is 14.2 Å². The fourth-order valence-electron chi connectivity index (χ4n) is 2.06. The summed E-state index contributed by atoms with van der Waals surface area (Å²) in [4.78, 5) is 0. The number of hydrogen-bond acceptors (Lipinski definition) is 1. The highest BCUT2D eigenvalue weighted by molar-refractivity contribution is 5.81. The first kappa shape index (κ1) is 8.53. The van der Waals surface area contributed by atoms with Crippen LogP contribution in [-0.2, 0) is 13.5 Å². The van der Waals surface area contributed by atoms with Crippen molar-refractivity contribution in [2.45, 2.75) is 13.3 Å². The fraction of sp³-hybridized carbons (Fsp3) is 0.250. The minimum atomic E-state index is 0.982. The maximum Gasteiger partial charge on any atom is 0.136 e. The van der Waals surface area contributed by atoms with Crippen LogP contribution in [0.1, 0.15) is 12.6 Å². The summed E-state index contributed by atoms with van der Waals surface area (Å²) in [7, 11) is 2.08. The van der Waals surface area contributed by atoms with Gasteiger partial charge in [-0.25, -0.2) is 4.52 Å². The van der Waals surface area contributed by atoms with Gasteiger partial charge in [-0.2, -0.15) is 5.10 Å². The number of imidazole rings is 1. The molecule has 15 heavy (non-hydrogen) atoms. The van der Waals surface area contributed by atoms with Crippen LogP contribution in [0, 0.1) is 0 Å². The second-order valence-electron chi connectivity index (χ2n) is 3.81. The number of benzene rings is 1. The van der Waals surface area contributed by atoms with Gasteiger partial charge in [0, 0.05) is 13.1 Å². The summed E-state index contributed by atoms with van der Waals surface area (Å²) >= 11 is 0. The second-order valence-corrected chi connectivity index (χ2v) is 3.81. The van der Waals surface area contributed by atoms with Crippen molar-refractivity contribution in [3.8, 4) is 0 Å². The zero-order chi connectivity index (χ0) is 10.4. The van der Waals surface area contributed by atoms with Gasteiger partial charge in [-0.15, -0.1) is 0 Å². The molecule has 3 aromatic rings. The van der Waals surface area contributed by atoms with E-state index in [9.17, 15) is 0 Å². The number of rotatable bonds is 1. The number of nitrogens with zero attached hydrogens (tertiary/aromatic N) is 3. The number of aryl methyl sites for hydroxylation is 2. The summed E-state index contributed by atoms with van der Waals surface area (Å²) < 4.78 is 4.20. The summed E-state index contributed by atoms with van der Waals surface area (Å²) in [5.74, 6) is 0. The van der Waals surface area contributed by atoms with Crippen molar-refractivity contribution in [1.29, 1.82) is 0 Å². The summed E-state index contributed by atoms with van der Waals surface area (Å²) in [5, 5.41) is 4.58. The highest BCUT2D eigenvalue weighted by Crippen LogP contribution is 2.19. The van der Waals surface area contributed by atoms with E-state index in [1.54, 1.807) is 0 Å². The molecule has 0 fully saturated rings. The highest BCUT2D eigenvalue weighted by Gasteiger charge is 2.09. The van der Waals surface area contributed by atoms with Crippen LogP contribution in [0.5, 0.6) is 0 Å². The van der Waals surface area contributed by atoms with Gasteiger partial charge in [-0.05, 0) is 18.6 Å². The van der Waals surface area contributed by atoms with Gasteiger partial charge in [0.25, 0.3) is 0 Å². The standard InChI is InChI=1S/C12H13N3/c1-3-9-8-12-14(2)10-6-4-5-7-11(10)15(12)13-9/h4-8H,3H2,1-2H3. The topological polar surface area (TPSA) is 22.2 Å². The quantitative estimate of drug-likeness (QED) is 0.590. The van der Waals surface area contributed by atoms with Gasteiger partial charge >= 0.3 is 0 Å². The van der Waals surface area contributed by atoms with Crippen LogP contribution in [0.15, 0.2) is 30.3 Å². The van der Waals surface area contributed by atoms with Crippen LogP contribution in [0.2, 0.25) is 0 Å². The van der Waals surface area contributed by atoms with Crippen molar-refractivity contribution in [2.75, 3.05) is 0 Å². The van der Waals surface area contributed by atoms with E-state index in [-0.39, 0.29) is 0 Å². The molecule has 2 aromatic heterocycles. The average molecular weight is 199 g/mol. The molecule has 0 N–H and O–H groups in total. The SMILES string of the molecule is CCc1cc2n(C)c3ccccc3n2n1. The van der Waals surface area contributed by atoms with E-state index in [0.29, 0.717) is 0 Å². The normalized spacial score (nSPS) is 11.6. The molecule has 0 aliphatic carbocycles. The first-order valence-corrected chi connectivity index (χ1v) is 5.23. The van der Waals surface area contributed by atoms with Gasteiger partial charge in [0.15, 0.2) is 0 Å². The Balaban J connectivity index is 2.51. The fourth-order valence-corrected chi connectivity index (χ4v) is 2.06. The van der Waals surface area contributed by atoms with E-state index in [0.717, 1.165) is 17.8 Å². The number of hydrogen-bond donors (Lipinski definition) is 0. The van der Waals surface area contributed by atoms with Crippen LogP contribution < -0.4 is 0 Å². The van der Waals surface area contributed by atoms with Crippen LogP contribution >= 0.6 is 0 Å². The number of para-hydroxylation sites is 2. The van der Waals surface area contributed by atoms with Gasteiger partial charge < -0.3 is 4.57 Å². The largest absolute Gasteiger partial charge is 0.328 e. The lowest BCUT2D eigenvalue weighted by Gasteiger charge is -1.93. The molecule has 0 radical (unpaired) electrons. The molecule has 1 aromatic carbocycles. The minimum Gasteiger partial charge on any atom is -0.328 e. The molecule has 0 aliphatic rings. The molecule has 0 saturated carbocycles. The Morgan fingerprint density at radius 2 is 1.93 bits per heavy atom. The molecule has 76 valence electrons. The Morgan fingerprint density at radius 3 is 2.67 bits per heavy atom. The molecule has 0 aliphatic heterocycles. The van der Waals surface area contributed by atoms with Crippen molar-refractivity contribution in [2.24, 2.45) is 7.05 Å². The van der Waals surface area contributed by atoms with Crippen LogP contribution in [0.3, 0.4) is 0 Å². The zero-order valence-corrected chi connectivity index (χ0v) is 8.94. The number of aromatic nitrogens is 3. The van der Waals surface area contributed by atoms with Crippen molar-refractivity contribution >= 4 is 16.7 Å². The smallest absolute Gasteiger partial charge is 0.136 e. The average Bonchev–Trinajstić information content (AvgIpc) is 2.80. The zero-order valence-electron chi connectivity index (χ0n) is 8.94. The molecule has 0 saturated heterocycles. The third-order valence-corrected chi connectivity index (χ3v) is 2.92. The lowest BCUT2D eigenvalue weighted by atomic mass is 10.3. The molecule has 0 atom stereocenters. The van der Waals surface area contributed by atoms with E-state index in [1.165, 1.54) is 11.0 Å². The van der Waals surface area contributed by atoms with Gasteiger partial charge in [-0.1, -0.05) is 19.1 Å². The third kappa shape index (κ3) is 1.03. The molecular weight excluding hydrogens is 186 g/mol. The van der Waals surface area contributed by atoms with Gasteiger partial charge in [0.1, 0.15) is 5.65 Å². The molecule has 0 spiro atoms. The molecule has 0 amide bonds. The molecule has 2 heterocycles. The van der Waals surface area contributed by atoms with Crippen molar-refractivity contribution < 1.29 is 0 Å². The molecule has 0 unspecified atom stereocenters. The Bertz CT molecular complexity index is 631. The first-order chi connectivity index (χ1) is 7.31. The van der Waals surface area contributed by atoms with E-state index in [4.69, 9.17) is 0 Å². The van der Waals surface area contributed by atoms with Crippen molar-refractivity contribution in [3.05, 3.63) is 36.0 Å². The van der Waals surface area contributed by atoms with Gasteiger partial charge in [0.05, 0.1) is 16.7 Å². The molecule has 3 rings (SSSR count). The summed E-state index contributed by atoms with van der Waals surface area (Å²) in [6.07, 6.45) is 0.982. The molecule has 3 nitrogen and oxygen atoms in total. The molecular formula is C12H13N3. The Kier molecular flexibility index (Phi) is 1.63. The predicted octanol–water partition coefficient (Wildman–Crippen LogP) is 2.39. The Hall–Kier alpha value is -1.77. The van der Waals surface area contributed by atoms with Crippen molar-refractivity contribution in [3.63, 3.8) is 0 Å². The predicted molar refractivity (Wildman–Crippen MR) is 61.0 cm³/mol. The highest BCUT2D eigenvalue weighted by atomic mass is 15.3.